The van der Waals surface area contributed by atoms with Crippen LogP contribution in [0.4, 0.5) is 8.78 Å². The molecule has 1 unspecified atom stereocenters. The Kier molecular flexibility index (Phi) is 4.00. The lowest BCUT2D eigenvalue weighted by molar-refractivity contribution is 0.330. The second-order valence-electron chi connectivity index (χ2n) is 7.38. The minimum Gasteiger partial charge on any atom is -0.339 e. The van der Waals surface area contributed by atoms with E-state index in [4.69, 9.17) is 0 Å². The van der Waals surface area contributed by atoms with Crippen molar-refractivity contribution >= 4 is 10.9 Å². The van der Waals surface area contributed by atoms with Gasteiger partial charge < -0.3 is 4.57 Å². The zero-order chi connectivity index (χ0) is 19.3. The summed E-state index contributed by atoms with van der Waals surface area (Å²) in [4.78, 5) is 0. The van der Waals surface area contributed by atoms with Gasteiger partial charge in [0.2, 0.25) is 0 Å². The number of aryl methyl sites for hydroxylation is 1. The fourth-order valence-corrected chi connectivity index (χ4v) is 4.13. The number of fused-ring (bicyclic) bond motifs is 3. The molecule has 1 aliphatic heterocycles. The van der Waals surface area contributed by atoms with Gasteiger partial charge in [-0.05, 0) is 43.5 Å². The lowest BCUT2D eigenvalue weighted by Crippen LogP contribution is -2.25. The zero-order valence-electron chi connectivity index (χ0n) is 15.5. The van der Waals surface area contributed by atoms with E-state index < -0.39 is 0 Å². The summed E-state index contributed by atoms with van der Waals surface area (Å²) in [6, 6.07) is 15.0. The highest BCUT2D eigenvalue weighted by molar-refractivity contribution is 5.81. The third kappa shape index (κ3) is 2.80. The molecule has 141 valence electrons. The van der Waals surface area contributed by atoms with Crippen LogP contribution in [-0.2, 0) is 19.4 Å². The summed E-state index contributed by atoms with van der Waals surface area (Å²) >= 11 is 0. The number of halogens is 2. The Hall–Kier alpha value is -3.02. The molecule has 3 heterocycles. The van der Waals surface area contributed by atoms with E-state index in [1.165, 1.54) is 18.2 Å². The van der Waals surface area contributed by atoms with Gasteiger partial charge in [-0.2, -0.15) is 0 Å². The number of benzene rings is 2. The van der Waals surface area contributed by atoms with Crippen LogP contribution in [0.25, 0.3) is 10.9 Å². The Morgan fingerprint density at radius 2 is 1.96 bits per heavy atom. The van der Waals surface area contributed by atoms with Crippen LogP contribution in [0.5, 0.6) is 0 Å². The van der Waals surface area contributed by atoms with E-state index in [1.54, 1.807) is 18.2 Å². The first kappa shape index (κ1) is 17.1. The summed E-state index contributed by atoms with van der Waals surface area (Å²) in [6.45, 7) is 2.66. The minimum absolute atomic E-state index is 0.116. The molecule has 28 heavy (non-hydrogen) atoms. The molecule has 0 N–H and O–H groups in total. The molecule has 2 aromatic heterocycles. The summed E-state index contributed by atoms with van der Waals surface area (Å²) < 4.78 is 31.5. The minimum atomic E-state index is -0.245. The SMILES string of the molecule is Cc1c(Cc2ccc(F)cc2)nnn1C1CCc2[c]c3cccc(F)c3n2C1. The highest BCUT2D eigenvalue weighted by atomic mass is 19.1. The molecule has 5 rings (SSSR count). The molecule has 0 bridgehead atoms. The molecule has 6 heteroatoms. The fourth-order valence-electron chi connectivity index (χ4n) is 4.13. The number of rotatable bonds is 3. The van der Waals surface area contributed by atoms with Crippen molar-refractivity contribution in [2.75, 3.05) is 0 Å². The standard InChI is InChI=1S/C22H19F2N4/c1-14-21(11-15-5-7-17(23)8-6-15)25-26-28(14)19-10-9-18-12-16-3-2-4-20(24)22(16)27(18)13-19/h2-8,19H,9-11,13H2,1H3. The van der Waals surface area contributed by atoms with E-state index in [2.05, 4.69) is 16.4 Å². The van der Waals surface area contributed by atoms with Gasteiger partial charge in [0, 0.05) is 30.1 Å². The third-order valence-electron chi connectivity index (χ3n) is 5.62. The molecule has 0 amide bonds. The maximum atomic E-state index is 14.4. The zero-order valence-corrected chi connectivity index (χ0v) is 15.5. The average molecular weight is 377 g/mol. The summed E-state index contributed by atoms with van der Waals surface area (Å²) in [6.07, 6.45) is 2.35. The molecule has 2 aromatic carbocycles. The molecular weight excluding hydrogens is 358 g/mol. The van der Waals surface area contributed by atoms with Crippen LogP contribution in [0.2, 0.25) is 0 Å². The molecule has 0 aliphatic carbocycles. The Morgan fingerprint density at radius 3 is 2.79 bits per heavy atom. The van der Waals surface area contributed by atoms with Gasteiger partial charge in [-0.15, -0.1) is 5.10 Å². The highest BCUT2D eigenvalue weighted by Gasteiger charge is 2.26. The van der Waals surface area contributed by atoms with Crippen molar-refractivity contribution in [3.8, 4) is 0 Å². The third-order valence-corrected chi connectivity index (χ3v) is 5.62. The topological polar surface area (TPSA) is 35.6 Å². The van der Waals surface area contributed by atoms with Crippen molar-refractivity contribution < 1.29 is 8.78 Å². The molecule has 1 aliphatic rings. The Morgan fingerprint density at radius 1 is 1.14 bits per heavy atom. The Labute approximate surface area is 161 Å². The van der Waals surface area contributed by atoms with E-state index in [-0.39, 0.29) is 17.7 Å². The van der Waals surface area contributed by atoms with Gasteiger partial charge in [-0.25, -0.2) is 13.5 Å². The summed E-state index contributed by atoms with van der Waals surface area (Å²) in [5, 5.41) is 9.57. The van der Waals surface area contributed by atoms with Crippen LogP contribution in [-0.4, -0.2) is 19.6 Å². The number of aromatic nitrogens is 4. The second kappa shape index (κ2) is 6.55. The molecule has 4 nitrogen and oxygen atoms in total. The molecule has 0 spiro atoms. The molecule has 0 fully saturated rings. The molecule has 0 saturated heterocycles. The Bertz CT molecular complexity index is 1160. The number of para-hydroxylation sites is 1. The largest absolute Gasteiger partial charge is 0.339 e. The van der Waals surface area contributed by atoms with E-state index in [1.807, 2.05) is 22.2 Å². The van der Waals surface area contributed by atoms with Crippen molar-refractivity contribution in [2.24, 2.45) is 0 Å². The monoisotopic (exact) mass is 377 g/mol. The van der Waals surface area contributed by atoms with E-state index in [0.717, 1.165) is 40.9 Å². The van der Waals surface area contributed by atoms with Gasteiger partial charge in [-0.1, -0.05) is 29.5 Å². The van der Waals surface area contributed by atoms with Crippen LogP contribution < -0.4 is 0 Å². The predicted octanol–water partition coefficient (Wildman–Crippen LogP) is 4.40. The normalized spacial score (nSPS) is 16.5. The smallest absolute Gasteiger partial charge is 0.147 e. The maximum Gasteiger partial charge on any atom is 0.147 e. The van der Waals surface area contributed by atoms with E-state index in [0.29, 0.717) is 18.5 Å². The predicted molar refractivity (Wildman–Crippen MR) is 102 cm³/mol. The molecule has 1 radical (unpaired) electrons. The highest BCUT2D eigenvalue weighted by Crippen LogP contribution is 2.31. The molecule has 1 atom stereocenters. The van der Waals surface area contributed by atoms with Gasteiger partial charge in [-0.3, -0.25) is 0 Å². The van der Waals surface area contributed by atoms with Crippen molar-refractivity contribution in [3.05, 3.63) is 82.8 Å². The number of nitrogens with zero attached hydrogens (tertiary/aromatic N) is 4. The van der Waals surface area contributed by atoms with Crippen LogP contribution in [0.15, 0.2) is 42.5 Å². The molecule has 0 saturated carbocycles. The van der Waals surface area contributed by atoms with E-state index >= 15 is 0 Å². The van der Waals surface area contributed by atoms with Crippen molar-refractivity contribution in [2.45, 2.75) is 38.8 Å². The number of hydrogen-bond acceptors (Lipinski definition) is 2. The van der Waals surface area contributed by atoms with Crippen LogP contribution in [0, 0.1) is 24.6 Å². The van der Waals surface area contributed by atoms with Crippen LogP contribution in [0.3, 0.4) is 0 Å². The lowest BCUT2D eigenvalue weighted by atomic mass is 10.0. The lowest BCUT2D eigenvalue weighted by Gasteiger charge is -2.26. The quantitative estimate of drug-likeness (QED) is 0.531. The van der Waals surface area contributed by atoms with Crippen LogP contribution >= 0.6 is 0 Å². The van der Waals surface area contributed by atoms with Crippen molar-refractivity contribution in [1.82, 2.24) is 19.6 Å². The first-order valence-electron chi connectivity index (χ1n) is 9.44. The molecular formula is C22H19F2N4. The van der Waals surface area contributed by atoms with Gasteiger partial charge in [0.25, 0.3) is 0 Å². The van der Waals surface area contributed by atoms with Crippen molar-refractivity contribution in [3.63, 3.8) is 0 Å². The average Bonchev–Trinajstić information content (AvgIpc) is 3.24. The Balaban J connectivity index is 1.44. The maximum absolute atomic E-state index is 14.4. The van der Waals surface area contributed by atoms with Gasteiger partial charge in [0.05, 0.1) is 22.9 Å². The van der Waals surface area contributed by atoms with Gasteiger partial charge >= 0.3 is 0 Å². The summed E-state index contributed by atoms with van der Waals surface area (Å²) in [5.74, 6) is -0.460. The van der Waals surface area contributed by atoms with E-state index in [9.17, 15) is 8.78 Å². The first-order valence-corrected chi connectivity index (χ1v) is 9.44. The van der Waals surface area contributed by atoms with Gasteiger partial charge in [0.15, 0.2) is 0 Å². The first-order chi connectivity index (χ1) is 13.6. The van der Waals surface area contributed by atoms with Crippen molar-refractivity contribution in [1.29, 1.82) is 0 Å². The van der Waals surface area contributed by atoms with Gasteiger partial charge in [0.1, 0.15) is 11.6 Å². The van der Waals surface area contributed by atoms with Crippen LogP contribution in [0.1, 0.15) is 35.1 Å². The fraction of sp³-hybridized carbons (Fsp3) is 0.273. The number of hydrogen-bond donors (Lipinski definition) is 0. The summed E-state index contributed by atoms with van der Waals surface area (Å²) in [7, 11) is 0. The molecule has 4 aromatic rings. The second-order valence-corrected chi connectivity index (χ2v) is 7.38. The summed E-state index contributed by atoms with van der Waals surface area (Å²) in [5.41, 5.74) is 4.54.